The second-order valence-electron chi connectivity index (χ2n) is 5.49. The van der Waals surface area contributed by atoms with E-state index < -0.39 is 12.7 Å². The number of rotatable bonds is 7. The minimum absolute atomic E-state index is 0. The molecule has 1 rings (SSSR count). The Labute approximate surface area is 164 Å². The summed E-state index contributed by atoms with van der Waals surface area (Å²) in [4.78, 5) is 7.27. The van der Waals surface area contributed by atoms with Gasteiger partial charge in [0.1, 0.15) is 5.75 Å². The van der Waals surface area contributed by atoms with Crippen LogP contribution in [0.1, 0.15) is 5.56 Å². The molecule has 144 valence electrons. The van der Waals surface area contributed by atoms with Crippen LogP contribution >= 0.6 is 24.0 Å². The molecule has 0 fully saturated rings. The third-order valence-electron chi connectivity index (χ3n) is 3.40. The van der Waals surface area contributed by atoms with Crippen molar-refractivity contribution >= 4 is 29.9 Å². The molecule has 0 aliphatic heterocycles. The number of para-hydroxylation sites is 1. The summed E-state index contributed by atoms with van der Waals surface area (Å²) >= 11 is 0. The molecular formula is C16H26F3IN4O. The predicted molar refractivity (Wildman–Crippen MR) is 105 cm³/mol. The van der Waals surface area contributed by atoms with Gasteiger partial charge in [-0.2, -0.15) is 13.2 Å². The quantitative estimate of drug-likeness (QED) is 0.375. The van der Waals surface area contributed by atoms with E-state index in [-0.39, 0.29) is 30.5 Å². The van der Waals surface area contributed by atoms with Crippen molar-refractivity contribution in [3.8, 4) is 5.75 Å². The smallest absolute Gasteiger partial charge is 0.401 e. The third kappa shape index (κ3) is 9.15. The van der Waals surface area contributed by atoms with E-state index in [9.17, 15) is 13.2 Å². The Morgan fingerprint density at radius 2 is 1.88 bits per heavy atom. The first-order valence-electron chi connectivity index (χ1n) is 7.55. The molecule has 9 heteroatoms. The SMILES string of the molecule is CN=C(NCCN(C)CC(F)(F)F)N(C)Cc1ccccc1OC.I. The van der Waals surface area contributed by atoms with Gasteiger partial charge in [-0.1, -0.05) is 18.2 Å². The molecule has 1 aromatic carbocycles. The summed E-state index contributed by atoms with van der Waals surface area (Å²) in [6, 6.07) is 7.66. The minimum atomic E-state index is -4.18. The van der Waals surface area contributed by atoms with Crippen LogP contribution in [0.2, 0.25) is 0 Å². The van der Waals surface area contributed by atoms with Gasteiger partial charge in [0, 0.05) is 39.3 Å². The highest BCUT2D eigenvalue weighted by molar-refractivity contribution is 14.0. The second-order valence-corrected chi connectivity index (χ2v) is 5.49. The normalized spacial score (nSPS) is 11.9. The van der Waals surface area contributed by atoms with Crippen molar-refractivity contribution in [1.29, 1.82) is 0 Å². The number of alkyl halides is 3. The summed E-state index contributed by atoms with van der Waals surface area (Å²) in [5.41, 5.74) is 1.000. The van der Waals surface area contributed by atoms with Crippen molar-refractivity contribution in [3.63, 3.8) is 0 Å². The predicted octanol–water partition coefficient (Wildman–Crippen LogP) is 2.81. The summed E-state index contributed by atoms with van der Waals surface area (Å²) in [6.07, 6.45) is -4.18. The van der Waals surface area contributed by atoms with Gasteiger partial charge in [0.2, 0.25) is 0 Å². The van der Waals surface area contributed by atoms with E-state index in [1.807, 2.05) is 36.2 Å². The highest BCUT2D eigenvalue weighted by Gasteiger charge is 2.28. The van der Waals surface area contributed by atoms with Gasteiger partial charge in [-0.05, 0) is 13.1 Å². The Morgan fingerprint density at radius 3 is 2.44 bits per heavy atom. The molecule has 25 heavy (non-hydrogen) atoms. The lowest BCUT2D eigenvalue weighted by molar-refractivity contribution is -0.142. The Bertz CT molecular complexity index is 540. The maximum absolute atomic E-state index is 12.3. The Hall–Kier alpha value is -1.23. The highest BCUT2D eigenvalue weighted by Crippen LogP contribution is 2.18. The first-order chi connectivity index (χ1) is 11.3. The Morgan fingerprint density at radius 1 is 1.24 bits per heavy atom. The summed E-state index contributed by atoms with van der Waals surface area (Å²) in [7, 11) is 6.56. The number of aliphatic imine (C=N–C) groups is 1. The topological polar surface area (TPSA) is 40.1 Å². The van der Waals surface area contributed by atoms with Crippen LogP contribution in [-0.4, -0.2) is 69.8 Å². The number of methoxy groups -OCH3 is 1. The molecular weight excluding hydrogens is 448 g/mol. The van der Waals surface area contributed by atoms with E-state index in [0.717, 1.165) is 11.3 Å². The molecule has 0 amide bonds. The number of hydrogen-bond donors (Lipinski definition) is 1. The van der Waals surface area contributed by atoms with Gasteiger partial charge in [-0.3, -0.25) is 9.89 Å². The average molecular weight is 474 g/mol. The number of ether oxygens (including phenoxy) is 1. The zero-order valence-electron chi connectivity index (χ0n) is 14.9. The van der Waals surface area contributed by atoms with E-state index in [1.54, 1.807) is 14.2 Å². The fraction of sp³-hybridized carbons (Fsp3) is 0.562. The van der Waals surface area contributed by atoms with Gasteiger partial charge in [0.25, 0.3) is 0 Å². The van der Waals surface area contributed by atoms with Gasteiger partial charge in [0.05, 0.1) is 13.7 Å². The van der Waals surface area contributed by atoms with Crippen LogP contribution in [0, 0.1) is 0 Å². The van der Waals surface area contributed by atoms with Crippen LogP contribution in [-0.2, 0) is 6.54 Å². The molecule has 5 nitrogen and oxygen atoms in total. The van der Waals surface area contributed by atoms with E-state index in [2.05, 4.69) is 10.3 Å². The number of halogens is 4. The molecule has 0 unspecified atom stereocenters. The van der Waals surface area contributed by atoms with Crippen LogP contribution in [0.15, 0.2) is 29.3 Å². The van der Waals surface area contributed by atoms with Gasteiger partial charge in [-0.15, -0.1) is 24.0 Å². The summed E-state index contributed by atoms with van der Waals surface area (Å²) in [5.74, 6) is 1.39. The van der Waals surface area contributed by atoms with Crippen LogP contribution < -0.4 is 10.1 Å². The first-order valence-corrected chi connectivity index (χ1v) is 7.55. The van der Waals surface area contributed by atoms with Crippen LogP contribution in [0.5, 0.6) is 5.75 Å². The number of guanidine groups is 1. The molecule has 1 N–H and O–H groups in total. The average Bonchev–Trinajstić information content (AvgIpc) is 2.50. The van der Waals surface area contributed by atoms with E-state index in [4.69, 9.17) is 4.74 Å². The van der Waals surface area contributed by atoms with E-state index in [0.29, 0.717) is 19.0 Å². The molecule has 0 aliphatic carbocycles. The maximum Gasteiger partial charge on any atom is 0.401 e. The molecule has 0 heterocycles. The van der Waals surface area contributed by atoms with Crippen molar-refractivity contribution in [2.75, 3.05) is 47.9 Å². The van der Waals surface area contributed by atoms with E-state index >= 15 is 0 Å². The largest absolute Gasteiger partial charge is 0.496 e. The minimum Gasteiger partial charge on any atom is -0.496 e. The lowest BCUT2D eigenvalue weighted by Crippen LogP contribution is -2.43. The van der Waals surface area contributed by atoms with Crippen molar-refractivity contribution in [3.05, 3.63) is 29.8 Å². The lowest BCUT2D eigenvalue weighted by Gasteiger charge is -2.24. The van der Waals surface area contributed by atoms with Gasteiger partial charge >= 0.3 is 6.18 Å². The fourth-order valence-electron chi connectivity index (χ4n) is 2.29. The number of likely N-dealkylation sites (N-methyl/N-ethyl adjacent to an activating group) is 1. The molecule has 0 bridgehead atoms. The lowest BCUT2D eigenvalue weighted by atomic mass is 10.2. The van der Waals surface area contributed by atoms with E-state index in [1.165, 1.54) is 11.9 Å². The Balaban J connectivity index is 0.00000576. The van der Waals surface area contributed by atoms with Crippen LogP contribution in [0.3, 0.4) is 0 Å². The molecule has 0 atom stereocenters. The monoisotopic (exact) mass is 474 g/mol. The molecule has 0 radical (unpaired) electrons. The molecule has 0 saturated heterocycles. The summed E-state index contributed by atoms with van der Waals surface area (Å²) in [6.45, 7) is 0.281. The number of nitrogens with zero attached hydrogens (tertiary/aromatic N) is 3. The Kier molecular flexibility index (Phi) is 10.8. The number of hydrogen-bond acceptors (Lipinski definition) is 3. The van der Waals surface area contributed by atoms with Crippen molar-refractivity contribution in [2.45, 2.75) is 12.7 Å². The standard InChI is InChI=1S/C16H25F3N4O.HI/c1-20-15(21-9-10-22(2)12-16(17,18)19)23(3)11-13-7-5-6-8-14(13)24-4;/h5-8H,9-12H2,1-4H3,(H,20,21);1H. The molecule has 0 aliphatic rings. The zero-order valence-corrected chi connectivity index (χ0v) is 17.3. The molecule has 0 aromatic heterocycles. The molecule has 0 saturated carbocycles. The van der Waals surface area contributed by atoms with Crippen molar-refractivity contribution in [2.24, 2.45) is 4.99 Å². The summed E-state index contributed by atoms with van der Waals surface area (Å²) in [5, 5.41) is 3.07. The maximum atomic E-state index is 12.3. The molecule has 0 spiro atoms. The van der Waals surface area contributed by atoms with Crippen molar-refractivity contribution in [1.82, 2.24) is 15.1 Å². The van der Waals surface area contributed by atoms with Crippen LogP contribution in [0.25, 0.3) is 0 Å². The van der Waals surface area contributed by atoms with Gasteiger partial charge in [0.15, 0.2) is 5.96 Å². The van der Waals surface area contributed by atoms with Crippen LogP contribution in [0.4, 0.5) is 13.2 Å². The summed E-state index contributed by atoms with van der Waals surface area (Å²) < 4.78 is 42.2. The van der Waals surface area contributed by atoms with Gasteiger partial charge < -0.3 is 15.0 Å². The number of benzene rings is 1. The van der Waals surface area contributed by atoms with Gasteiger partial charge in [-0.25, -0.2) is 0 Å². The first kappa shape index (κ1) is 23.8. The zero-order chi connectivity index (χ0) is 18.2. The fourth-order valence-corrected chi connectivity index (χ4v) is 2.29. The second kappa shape index (κ2) is 11.4. The third-order valence-corrected chi connectivity index (χ3v) is 3.40. The highest BCUT2D eigenvalue weighted by atomic mass is 127. The number of nitrogens with one attached hydrogen (secondary N) is 1. The molecule has 1 aromatic rings. The van der Waals surface area contributed by atoms with Crippen molar-refractivity contribution < 1.29 is 17.9 Å².